The zero-order valence-electron chi connectivity index (χ0n) is 15.9. The molecular formula is C18H14N8O4. The van der Waals surface area contributed by atoms with Crippen LogP contribution in [-0.2, 0) is 13.1 Å². The smallest absolute Gasteiger partial charge is 0.323 e. The van der Waals surface area contributed by atoms with Crippen molar-refractivity contribution in [2.45, 2.75) is 26.9 Å². The fraction of sp³-hybridized carbons (Fsp3) is 0.222. The molecule has 0 unspecified atom stereocenters. The lowest BCUT2D eigenvalue weighted by atomic mass is 10.2. The Morgan fingerprint density at radius 3 is 1.47 bits per heavy atom. The number of nitrogens with zero attached hydrogens (tertiary/aromatic N) is 6. The van der Waals surface area contributed by atoms with Crippen molar-refractivity contribution in [2.24, 2.45) is 0 Å². The summed E-state index contributed by atoms with van der Waals surface area (Å²) >= 11 is 0. The number of rotatable bonds is 2. The number of nitrogens with one attached hydrogen (secondary N) is 2. The highest BCUT2D eigenvalue weighted by Gasteiger charge is 2.22. The molecule has 4 heterocycles. The molecule has 0 spiro atoms. The van der Waals surface area contributed by atoms with Crippen LogP contribution in [0.3, 0.4) is 0 Å². The van der Waals surface area contributed by atoms with Crippen LogP contribution < -0.4 is 22.5 Å². The molecule has 0 radical (unpaired) electrons. The fourth-order valence-electron chi connectivity index (χ4n) is 3.72. The first-order valence-electron chi connectivity index (χ1n) is 9.20. The van der Waals surface area contributed by atoms with E-state index >= 15 is 0 Å². The van der Waals surface area contributed by atoms with Crippen molar-refractivity contribution < 1.29 is 0 Å². The van der Waals surface area contributed by atoms with Crippen LogP contribution in [0, 0.1) is 0 Å². The second-order valence-electron chi connectivity index (χ2n) is 6.63. The van der Waals surface area contributed by atoms with E-state index in [4.69, 9.17) is 0 Å². The van der Waals surface area contributed by atoms with Gasteiger partial charge < -0.3 is 9.13 Å². The van der Waals surface area contributed by atoms with Crippen molar-refractivity contribution in [3.05, 3.63) is 53.8 Å². The zero-order valence-corrected chi connectivity index (χ0v) is 15.9. The third-order valence-corrected chi connectivity index (χ3v) is 4.97. The Balaban J connectivity index is 2.04. The monoisotopic (exact) mass is 406 g/mol. The number of aromatic amines is 2. The molecule has 0 saturated carbocycles. The summed E-state index contributed by atoms with van der Waals surface area (Å²) in [6, 6.07) is 3.42. The van der Waals surface area contributed by atoms with E-state index in [2.05, 4.69) is 29.9 Å². The van der Waals surface area contributed by atoms with E-state index in [0.717, 1.165) is 0 Å². The average molecular weight is 406 g/mol. The minimum absolute atomic E-state index is 0.0384. The Bertz CT molecular complexity index is 1530. The minimum atomic E-state index is -0.754. The Morgan fingerprint density at radius 1 is 0.700 bits per heavy atom. The van der Waals surface area contributed by atoms with Crippen LogP contribution in [0.25, 0.3) is 45.1 Å². The topological polar surface area (TPSA) is 161 Å². The minimum Gasteiger partial charge on any atom is -0.323 e. The SMILES string of the molecule is CCn1c2nc(=O)[nH]c(=O)c-2nc2cc3c(cc21)nc1c(=O)[nH]c(=O)nc-1n3CC. The first-order chi connectivity index (χ1) is 14.4. The first-order valence-corrected chi connectivity index (χ1v) is 9.20. The van der Waals surface area contributed by atoms with Gasteiger partial charge in [-0.1, -0.05) is 0 Å². The molecule has 12 nitrogen and oxygen atoms in total. The van der Waals surface area contributed by atoms with Gasteiger partial charge in [-0.2, -0.15) is 9.97 Å². The number of benzene rings is 1. The molecule has 0 saturated heterocycles. The first kappa shape index (κ1) is 17.8. The molecule has 0 aromatic heterocycles. The molecule has 0 amide bonds. The highest BCUT2D eigenvalue weighted by molar-refractivity contribution is 5.94. The second-order valence-corrected chi connectivity index (χ2v) is 6.63. The lowest BCUT2D eigenvalue weighted by molar-refractivity contribution is 0.754. The Labute approximate surface area is 165 Å². The van der Waals surface area contributed by atoms with E-state index in [1.807, 2.05) is 13.8 Å². The Morgan fingerprint density at radius 2 is 1.10 bits per heavy atom. The van der Waals surface area contributed by atoms with Crippen molar-refractivity contribution in [1.29, 1.82) is 0 Å². The zero-order chi connectivity index (χ0) is 21.2. The van der Waals surface area contributed by atoms with E-state index < -0.39 is 22.5 Å². The van der Waals surface area contributed by atoms with Crippen LogP contribution in [0.5, 0.6) is 0 Å². The molecule has 0 atom stereocenters. The molecule has 5 rings (SSSR count). The molecule has 2 N–H and O–H groups in total. The summed E-state index contributed by atoms with van der Waals surface area (Å²) in [5.41, 5.74) is -0.559. The largest absolute Gasteiger partial charge is 0.349 e. The average Bonchev–Trinajstić information content (AvgIpc) is 2.70. The van der Waals surface area contributed by atoms with E-state index in [-0.39, 0.29) is 23.0 Å². The van der Waals surface area contributed by atoms with Gasteiger partial charge in [0.1, 0.15) is 0 Å². The van der Waals surface area contributed by atoms with Gasteiger partial charge in [0.2, 0.25) is 0 Å². The van der Waals surface area contributed by atoms with Gasteiger partial charge in [-0.05, 0) is 26.0 Å². The maximum atomic E-state index is 12.3. The molecule has 150 valence electrons. The van der Waals surface area contributed by atoms with Crippen molar-refractivity contribution in [1.82, 2.24) is 39.0 Å². The van der Waals surface area contributed by atoms with Gasteiger partial charge >= 0.3 is 11.4 Å². The van der Waals surface area contributed by atoms with Crippen molar-refractivity contribution in [2.75, 3.05) is 0 Å². The predicted molar refractivity (Wildman–Crippen MR) is 107 cm³/mol. The normalized spacial score (nSPS) is 11.8. The molecule has 12 heteroatoms. The van der Waals surface area contributed by atoms with Crippen LogP contribution in [0.2, 0.25) is 0 Å². The summed E-state index contributed by atoms with van der Waals surface area (Å²) in [6.07, 6.45) is 0. The lowest BCUT2D eigenvalue weighted by Crippen LogP contribution is -2.29. The summed E-state index contributed by atoms with van der Waals surface area (Å²) in [5.74, 6) is 0.329. The van der Waals surface area contributed by atoms with Crippen LogP contribution >= 0.6 is 0 Å². The van der Waals surface area contributed by atoms with Gasteiger partial charge in [-0.25, -0.2) is 19.6 Å². The molecule has 0 bridgehead atoms. The fourth-order valence-corrected chi connectivity index (χ4v) is 3.72. The molecule has 4 aliphatic heterocycles. The number of aromatic nitrogens is 8. The molecule has 1 aromatic rings. The van der Waals surface area contributed by atoms with E-state index in [1.54, 1.807) is 21.3 Å². The van der Waals surface area contributed by atoms with Crippen molar-refractivity contribution in [3.63, 3.8) is 0 Å². The number of aryl methyl sites for hydroxylation is 2. The molecule has 1 aromatic carbocycles. The summed E-state index contributed by atoms with van der Waals surface area (Å²) in [6.45, 7) is 4.53. The quantitative estimate of drug-likeness (QED) is 0.372. The van der Waals surface area contributed by atoms with Crippen LogP contribution in [0.4, 0.5) is 0 Å². The van der Waals surface area contributed by atoms with Gasteiger partial charge in [0.25, 0.3) is 11.1 Å². The Hall–Kier alpha value is -4.22. The molecule has 0 aliphatic carbocycles. The van der Waals surface area contributed by atoms with Gasteiger partial charge in [0.15, 0.2) is 23.0 Å². The van der Waals surface area contributed by atoms with E-state index in [9.17, 15) is 19.2 Å². The summed E-state index contributed by atoms with van der Waals surface area (Å²) in [7, 11) is 0. The maximum absolute atomic E-state index is 12.3. The number of hydrogen-bond donors (Lipinski definition) is 2. The second kappa shape index (κ2) is 6.14. The molecule has 4 aliphatic rings. The predicted octanol–water partition coefficient (Wildman–Crippen LogP) is -0.478. The lowest BCUT2D eigenvalue weighted by Gasteiger charge is -2.18. The standard InChI is InChI=1S/C18H14N8O4/c1-3-25-9-5-8-10(6-7(9)19-11-13(25)21-17(29)23-15(11)27)26(4-2)14-12(20-8)16(28)24-18(30)22-14/h5-6H,3-4H2,1-2H3,(H,23,27,29)(H,24,28,30). The molecule has 0 fully saturated rings. The van der Waals surface area contributed by atoms with Gasteiger partial charge in [0, 0.05) is 13.1 Å². The summed E-state index contributed by atoms with van der Waals surface area (Å²) in [4.78, 5) is 68.9. The summed E-state index contributed by atoms with van der Waals surface area (Å²) < 4.78 is 3.39. The van der Waals surface area contributed by atoms with Gasteiger partial charge in [-0.15, -0.1) is 0 Å². The molecule has 30 heavy (non-hydrogen) atoms. The number of hydrogen-bond acceptors (Lipinski definition) is 8. The van der Waals surface area contributed by atoms with Gasteiger partial charge in [-0.3, -0.25) is 19.6 Å². The summed E-state index contributed by atoms with van der Waals surface area (Å²) in [5, 5.41) is 0. The van der Waals surface area contributed by atoms with Crippen molar-refractivity contribution in [3.8, 4) is 23.0 Å². The van der Waals surface area contributed by atoms with Crippen LogP contribution in [0.1, 0.15) is 13.8 Å². The third-order valence-electron chi connectivity index (χ3n) is 4.97. The van der Waals surface area contributed by atoms with Crippen LogP contribution in [0.15, 0.2) is 31.3 Å². The van der Waals surface area contributed by atoms with E-state index in [1.165, 1.54) is 0 Å². The van der Waals surface area contributed by atoms with Crippen LogP contribution in [-0.4, -0.2) is 39.0 Å². The third kappa shape index (κ3) is 2.40. The maximum Gasteiger partial charge on any atom is 0.349 e. The highest BCUT2D eigenvalue weighted by Crippen LogP contribution is 2.27. The molecular weight excluding hydrogens is 392 g/mol. The highest BCUT2D eigenvalue weighted by atomic mass is 16.2. The van der Waals surface area contributed by atoms with E-state index in [0.29, 0.717) is 35.2 Å². The number of fused-ring (bicyclic) bond motifs is 4. The van der Waals surface area contributed by atoms with Gasteiger partial charge in [0.05, 0.1) is 22.1 Å². The number of H-pyrrole nitrogens is 2. The van der Waals surface area contributed by atoms with Crippen molar-refractivity contribution >= 4 is 22.1 Å². The Kier molecular flexibility index (Phi) is 3.65.